The van der Waals surface area contributed by atoms with Gasteiger partial charge >= 0.3 is 0 Å². The van der Waals surface area contributed by atoms with Gasteiger partial charge in [0.1, 0.15) is 12.0 Å². The molecule has 2 aromatic heterocycles. The minimum absolute atomic E-state index is 0.404. The van der Waals surface area contributed by atoms with Crippen molar-refractivity contribution in [1.29, 1.82) is 0 Å². The minimum Gasteiger partial charge on any atom is -0.325 e. The van der Waals surface area contributed by atoms with Gasteiger partial charge in [-0.05, 0) is 19.1 Å². The number of aromatic nitrogens is 4. The Bertz CT molecular complexity index is 455. The molecule has 0 saturated heterocycles. The molecule has 0 atom stereocenters. The van der Waals surface area contributed by atoms with E-state index in [9.17, 15) is 0 Å². The third-order valence-corrected chi connectivity index (χ3v) is 1.93. The lowest BCUT2D eigenvalue weighted by atomic mass is 10.3. The quantitative estimate of drug-likeness (QED) is 0.773. The summed E-state index contributed by atoms with van der Waals surface area (Å²) in [4.78, 5) is 16.5. The fraction of sp³-hybridized carbons (Fsp3) is 0.200. The lowest BCUT2D eigenvalue weighted by Crippen LogP contribution is -2.04. The second kappa shape index (κ2) is 4.10. The summed E-state index contributed by atoms with van der Waals surface area (Å²) in [6.45, 7) is 2.31. The van der Waals surface area contributed by atoms with E-state index in [2.05, 4.69) is 19.9 Å². The van der Waals surface area contributed by atoms with Crippen LogP contribution in [0.1, 0.15) is 11.4 Å². The van der Waals surface area contributed by atoms with E-state index in [1.807, 2.05) is 13.0 Å². The number of nitrogens with zero attached hydrogens (tertiary/aromatic N) is 4. The summed E-state index contributed by atoms with van der Waals surface area (Å²) >= 11 is 0. The Labute approximate surface area is 87.4 Å². The van der Waals surface area contributed by atoms with E-state index in [0.29, 0.717) is 18.1 Å². The van der Waals surface area contributed by atoms with Gasteiger partial charge in [-0.15, -0.1) is 0 Å². The highest BCUT2D eigenvalue weighted by Crippen LogP contribution is 2.11. The molecule has 0 aliphatic rings. The zero-order valence-corrected chi connectivity index (χ0v) is 8.38. The molecule has 2 rings (SSSR count). The molecule has 5 heteroatoms. The van der Waals surface area contributed by atoms with Gasteiger partial charge in [-0.1, -0.05) is 0 Å². The fourth-order valence-electron chi connectivity index (χ4n) is 1.28. The van der Waals surface area contributed by atoms with E-state index >= 15 is 0 Å². The van der Waals surface area contributed by atoms with Gasteiger partial charge in [-0.3, -0.25) is 0 Å². The van der Waals surface area contributed by atoms with Crippen LogP contribution >= 0.6 is 0 Å². The average Bonchev–Trinajstić information content (AvgIpc) is 2.29. The standard InChI is InChI=1S/C10H11N5/c1-7-4-8(5-11)15-10(14-7)9-2-3-12-6-13-9/h2-4,6H,5,11H2,1H3. The second-order valence-electron chi connectivity index (χ2n) is 3.12. The van der Waals surface area contributed by atoms with Crippen molar-refractivity contribution in [3.8, 4) is 11.5 Å². The second-order valence-corrected chi connectivity index (χ2v) is 3.12. The molecule has 0 aromatic carbocycles. The van der Waals surface area contributed by atoms with Crippen LogP contribution in [0.4, 0.5) is 0 Å². The summed E-state index contributed by atoms with van der Waals surface area (Å²) in [5, 5.41) is 0. The van der Waals surface area contributed by atoms with Crippen LogP contribution in [0.5, 0.6) is 0 Å². The van der Waals surface area contributed by atoms with Crippen molar-refractivity contribution < 1.29 is 0 Å². The van der Waals surface area contributed by atoms with Crippen LogP contribution in [0.25, 0.3) is 11.5 Å². The third-order valence-electron chi connectivity index (χ3n) is 1.93. The topological polar surface area (TPSA) is 77.6 Å². The van der Waals surface area contributed by atoms with E-state index < -0.39 is 0 Å². The summed E-state index contributed by atoms with van der Waals surface area (Å²) in [5.41, 5.74) is 7.96. The number of nitrogens with two attached hydrogens (primary N) is 1. The minimum atomic E-state index is 0.404. The molecule has 0 aliphatic carbocycles. The van der Waals surface area contributed by atoms with E-state index in [-0.39, 0.29) is 0 Å². The SMILES string of the molecule is Cc1cc(CN)nc(-c2ccncn2)n1. The van der Waals surface area contributed by atoms with Crippen molar-refractivity contribution in [3.05, 3.63) is 36.0 Å². The largest absolute Gasteiger partial charge is 0.325 e. The van der Waals surface area contributed by atoms with Crippen LogP contribution in [0.3, 0.4) is 0 Å². The maximum absolute atomic E-state index is 5.54. The van der Waals surface area contributed by atoms with Gasteiger partial charge < -0.3 is 5.73 Å². The van der Waals surface area contributed by atoms with Crippen LogP contribution in [0.2, 0.25) is 0 Å². The zero-order chi connectivity index (χ0) is 10.7. The molecular weight excluding hydrogens is 190 g/mol. The first kappa shape index (κ1) is 9.67. The third kappa shape index (κ3) is 2.13. The molecule has 0 aliphatic heterocycles. The summed E-state index contributed by atoms with van der Waals surface area (Å²) in [6, 6.07) is 3.64. The molecule has 2 heterocycles. The highest BCUT2D eigenvalue weighted by Gasteiger charge is 2.04. The van der Waals surface area contributed by atoms with Crippen molar-refractivity contribution in [2.75, 3.05) is 0 Å². The fourth-order valence-corrected chi connectivity index (χ4v) is 1.28. The highest BCUT2D eigenvalue weighted by atomic mass is 14.9. The van der Waals surface area contributed by atoms with Crippen LogP contribution in [-0.4, -0.2) is 19.9 Å². The van der Waals surface area contributed by atoms with Crippen molar-refractivity contribution in [1.82, 2.24) is 19.9 Å². The Morgan fingerprint density at radius 1 is 1.33 bits per heavy atom. The Morgan fingerprint density at radius 3 is 2.87 bits per heavy atom. The number of hydrogen-bond donors (Lipinski definition) is 1. The summed E-state index contributed by atoms with van der Waals surface area (Å²) in [6.07, 6.45) is 3.14. The van der Waals surface area contributed by atoms with Crippen LogP contribution in [0.15, 0.2) is 24.7 Å². The summed E-state index contributed by atoms with van der Waals surface area (Å²) in [5.74, 6) is 0.595. The van der Waals surface area contributed by atoms with Crippen LogP contribution in [0, 0.1) is 6.92 Å². The predicted molar refractivity (Wildman–Crippen MR) is 55.7 cm³/mol. The van der Waals surface area contributed by atoms with Gasteiger partial charge in [-0.2, -0.15) is 0 Å². The molecule has 2 N–H and O–H groups in total. The monoisotopic (exact) mass is 201 g/mol. The first-order valence-corrected chi connectivity index (χ1v) is 4.60. The molecule has 15 heavy (non-hydrogen) atoms. The Balaban J connectivity index is 2.49. The van der Waals surface area contributed by atoms with Crippen LogP contribution < -0.4 is 5.73 Å². The molecule has 5 nitrogen and oxygen atoms in total. The lowest BCUT2D eigenvalue weighted by molar-refractivity contribution is 0.946. The first-order chi connectivity index (χ1) is 7.29. The van der Waals surface area contributed by atoms with Gasteiger partial charge in [0.25, 0.3) is 0 Å². The van der Waals surface area contributed by atoms with Crippen molar-refractivity contribution >= 4 is 0 Å². The van der Waals surface area contributed by atoms with E-state index in [0.717, 1.165) is 11.4 Å². The molecule has 0 spiro atoms. The van der Waals surface area contributed by atoms with Gasteiger partial charge in [0, 0.05) is 18.4 Å². The predicted octanol–water partition coefficient (Wildman–Crippen LogP) is 0.701. The molecule has 0 bridgehead atoms. The van der Waals surface area contributed by atoms with Crippen LogP contribution in [-0.2, 0) is 6.54 Å². The molecule has 0 saturated carbocycles. The van der Waals surface area contributed by atoms with E-state index in [1.165, 1.54) is 6.33 Å². The lowest BCUT2D eigenvalue weighted by Gasteiger charge is -2.02. The summed E-state index contributed by atoms with van der Waals surface area (Å²) in [7, 11) is 0. The van der Waals surface area contributed by atoms with Crippen molar-refractivity contribution in [2.45, 2.75) is 13.5 Å². The molecule has 0 fully saturated rings. The number of hydrogen-bond acceptors (Lipinski definition) is 5. The molecule has 0 radical (unpaired) electrons. The van der Waals surface area contributed by atoms with E-state index in [1.54, 1.807) is 12.3 Å². The molecule has 0 amide bonds. The zero-order valence-electron chi connectivity index (χ0n) is 8.38. The van der Waals surface area contributed by atoms with Gasteiger partial charge in [0.15, 0.2) is 5.82 Å². The molecule has 76 valence electrons. The summed E-state index contributed by atoms with van der Waals surface area (Å²) < 4.78 is 0. The molecule has 0 unspecified atom stereocenters. The normalized spacial score (nSPS) is 10.3. The molecular formula is C10H11N5. The number of aryl methyl sites for hydroxylation is 1. The van der Waals surface area contributed by atoms with E-state index in [4.69, 9.17) is 5.73 Å². The maximum Gasteiger partial charge on any atom is 0.178 e. The van der Waals surface area contributed by atoms with Gasteiger partial charge in [0.05, 0.1) is 5.69 Å². The average molecular weight is 201 g/mol. The van der Waals surface area contributed by atoms with Gasteiger partial charge in [0.2, 0.25) is 0 Å². The highest BCUT2D eigenvalue weighted by molar-refractivity contribution is 5.48. The first-order valence-electron chi connectivity index (χ1n) is 4.60. The Hall–Kier alpha value is -1.88. The Kier molecular flexibility index (Phi) is 2.64. The van der Waals surface area contributed by atoms with Crippen molar-refractivity contribution in [2.24, 2.45) is 5.73 Å². The maximum atomic E-state index is 5.54. The number of rotatable bonds is 2. The Morgan fingerprint density at radius 2 is 2.20 bits per heavy atom. The van der Waals surface area contributed by atoms with Crippen molar-refractivity contribution in [3.63, 3.8) is 0 Å². The smallest absolute Gasteiger partial charge is 0.178 e. The molecule has 2 aromatic rings. The van der Waals surface area contributed by atoms with Gasteiger partial charge in [-0.25, -0.2) is 19.9 Å².